The van der Waals surface area contributed by atoms with Gasteiger partial charge < -0.3 is 16.0 Å². The molecule has 1 fully saturated rings. The molecule has 1 aromatic rings. The molecule has 104 valence electrons. The lowest BCUT2D eigenvalue weighted by Gasteiger charge is -2.34. The number of nitrogens with two attached hydrogens (primary N) is 1. The first-order valence-electron chi connectivity index (χ1n) is 5.88. The molecule has 0 radical (unpaired) electrons. The van der Waals surface area contributed by atoms with Crippen LogP contribution in [0.25, 0.3) is 0 Å². The molecule has 2 rings (SSSR count). The monoisotopic (exact) mass is 268 g/mol. The number of aryl methyl sites for hydroxylation is 2. The number of hydrogen-bond acceptors (Lipinski definition) is 6. The number of carbonyl (C=O) groups excluding carboxylic acids is 1. The average molecular weight is 268 g/mol. The summed E-state index contributed by atoms with van der Waals surface area (Å²) in [6.07, 6.45) is 0. The van der Waals surface area contributed by atoms with Crippen molar-refractivity contribution in [2.75, 3.05) is 24.5 Å². The maximum atomic E-state index is 11.5. The van der Waals surface area contributed by atoms with Crippen molar-refractivity contribution in [2.24, 2.45) is 12.8 Å². The Balaban J connectivity index is 2.50. The molecule has 9 heteroatoms. The van der Waals surface area contributed by atoms with Gasteiger partial charge in [-0.15, -0.1) is 0 Å². The molecule has 9 nitrogen and oxygen atoms in total. The fourth-order valence-electron chi connectivity index (χ4n) is 2.38. The number of nitrogens with one attached hydrogen (secondary N) is 1. The molecule has 1 saturated heterocycles. The van der Waals surface area contributed by atoms with Gasteiger partial charge in [-0.2, -0.15) is 5.10 Å². The van der Waals surface area contributed by atoms with Crippen LogP contribution in [0.15, 0.2) is 0 Å². The first kappa shape index (κ1) is 13.3. The van der Waals surface area contributed by atoms with Crippen LogP contribution < -0.4 is 16.0 Å². The van der Waals surface area contributed by atoms with Gasteiger partial charge in [0.05, 0.1) is 4.92 Å². The van der Waals surface area contributed by atoms with Gasteiger partial charge in [-0.1, -0.05) is 0 Å². The Morgan fingerprint density at radius 2 is 2.32 bits per heavy atom. The smallest absolute Gasteiger partial charge is 0.333 e. The molecule has 1 aliphatic rings. The van der Waals surface area contributed by atoms with E-state index in [1.807, 2.05) is 0 Å². The Labute approximate surface area is 109 Å². The lowest BCUT2D eigenvalue weighted by atomic mass is 10.1. The zero-order chi connectivity index (χ0) is 14.2. The first-order chi connectivity index (χ1) is 8.93. The SMILES string of the molecule is Cc1nn(C)c(N2CCNCC2C(N)=O)c1[N+](=O)[O-]. The third kappa shape index (κ3) is 2.24. The maximum absolute atomic E-state index is 11.5. The molecule has 0 saturated carbocycles. The van der Waals surface area contributed by atoms with Crippen LogP contribution in [0.2, 0.25) is 0 Å². The summed E-state index contributed by atoms with van der Waals surface area (Å²) < 4.78 is 1.43. The predicted octanol–water partition coefficient (Wildman–Crippen LogP) is -1.10. The second kappa shape index (κ2) is 4.84. The topological polar surface area (TPSA) is 119 Å². The fraction of sp³-hybridized carbons (Fsp3) is 0.600. The first-order valence-corrected chi connectivity index (χ1v) is 5.88. The lowest BCUT2D eigenvalue weighted by Crippen LogP contribution is -2.57. The largest absolute Gasteiger partial charge is 0.368 e. The molecular weight excluding hydrogens is 252 g/mol. The van der Waals surface area contributed by atoms with Crippen LogP contribution in [0.4, 0.5) is 11.5 Å². The molecule has 0 spiro atoms. The molecule has 1 aromatic heterocycles. The van der Waals surface area contributed by atoms with Crippen molar-refractivity contribution in [3.05, 3.63) is 15.8 Å². The summed E-state index contributed by atoms with van der Waals surface area (Å²) in [5.41, 5.74) is 5.61. The minimum atomic E-state index is -0.609. The minimum absolute atomic E-state index is 0.0735. The number of aromatic nitrogens is 2. The zero-order valence-corrected chi connectivity index (χ0v) is 10.8. The normalized spacial score (nSPS) is 19.5. The van der Waals surface area contributed by atoms with Gasteiger partial charge in [0.2, 0.25) is 11.7 Å². The van der Waals surface area contributed by atoms with Gasteiger partial charge >= 0.3 is 5.69 Å². The van der Waals surface area contributed by atoms with E-state index in [9.17, 15) is 14.9 Å². The molecule has 0 aliphatic carbocycles. The summed E-state index contributed by atoms with van der Waals surface area (Å²) in [5, 5.41) is 18.3. The number of primary amides is 1. The molecule has 1 aliphatic heterocycles. The van der Waals surface area contributed by atoms with Crippen molar-refractivity contribution in [1.29, 1.82) is 0 Å². The van der Waals surface area contributed by atoms with Gasteiger partial charge in [0.15, 0.2) is 0 Å². The summed E-state index contributed by atoms with van der Waals surface area (Å²) >= 11 is 0. The highest BCUT2D eigenvalue weighted by Crippen LogP contribution is 2.32. The van der Waals surface area contributed by atoms with Gasteiger partial charge in [-0.3, -0.25) is 14.9 Å². The Morgan fingerprint density at radius 1 is 1.63 bits per heavy atom. The van der Waals surface area contributed by atoms with E-state index in [1.54, 1.807) is 18.9 Å². The number of nitro groups is 1. The van der Waals surface area contributed by atoms with Gasteiger partial charge in [0, 0.05) is 26.7 Å². The number of amides is 1. The van der Waals surface area contributed by atoms with Crippen molar-refractivity contribution in [1.82, 2.24) is 15.1 Å². The van der Waals surface area contributed by atoms with Crippen molar-refractivity contribution in [3.63, 3.8) is 0 Å². The molecule has 1 unspecified atom stereocenters. The van der Waals surface area contributed by atoms with Crippen LogP contribution in [0.3, 0.4) is 0 Å². The number of anilines is 1. The van der Waals surface area contributed by atoms with Crippen LogP contribution in [0.5, 0.6) is 0 Å². The van der Waals surface area contributed by atoms with E-state index in [2.05, 4.69) is 10.4 Å². The summed E-state index contributed by atoms with van der Waals surface area (Å²) in [4.78, 5) is 23.8. The Bertz CT molecular complexity index is 526. The Kier molecular flexibility index (Phi) is 3.38. The van der Waals surface area contributed by atoms with Gasteiger partial charge in [0.1, 0.15) is 11.7 Å². The molecule has 1 amide bonds. The van der Waals surface area contributed by atoms with E-state index in [-0.39, 0.29) is 5.69 Å². The van der Waals surface area contributed by atoms with Gasteiger partial charge in [-0.25, -0.2) is 4.68 Å². The van der Waals surface area contributed by atoms with Crippen LogP contribution in [0.1, 0.15) is 5.69 Å². The standard InChI is InChI=1S/C10H16N6O3/c1-6-8(16(18)19)10(14(2)13-6)15-4-3-12-5-7(15)9(11)17/h7,12H,3-5H2,1-2H3,(H2,11,17). The summed E-state index contributed by atoms with van der Waals surface area (Å²) in [5.74, 6) is -0.187. The van der Waals surface area contributed by atoms with Gasteiger partial charge in [0.25, 0.3) is 0 Å². The highest BCUT2D eigenvalue weighted by molar-refractivity contribution is 5.85. The molecule has 3 N–H and O–H groups in total. The van der Waals surface area contributed by atoms with Crippen LogP contribution in [-0.4, -0.2) is 46.3 Å². The minimum Gasteiger partial charge on any atom is -0.368 e. The number of hydrogen-bond donors (Lipinski definition) is 2. The predicted molar refractivity (Wildman–Crippen MR) is 67.8 cm³/mol. The van der Waals surface area contributed by atoms with E-state index < -0.39 is 16.9 Å². The third-order valence-electron chi connectivity index (χ3n) is 3.19. The van der Waals surface area contributed by atoms with E-state index in [1.165, 1.54) is 4.68 Å². The second-order valence-electron chi connectivity index (χ2n) is 4.45. The van der Waals surface area contributed by atoms with Crippen molar-refractivity contribution >= 4 is 17.4 Å². The van der Waals surface area contributed by atoms with E-state index >= 15 is 0 Å². The van der Waals surface area contributed by atoms with Crippen LogP contribution >= 0.6 is 0 Å². The van der Waals surface area contributed by atoms with Crippen molar-refractivity contribution < 1.29 is 9.72 Å². The second-order valence-corrected chi connectivity index (χ2v) is 4.45. The fourth-order valence-corrected chi connectivity index (χ4v) is 2.38. The molecule has 2 heterocycles. The average Bonchev–Trinajstić information content (AvgIpc) is 2.64. The maximum Gasteiger partial charge on any atom is 0.333 e. The Hall–Kier alpha value is -2.16. The van der Waals surface area contributed by atoms with E-state index in [0.29, 0.717) is 31.1 Å². The van der Waals surface area contributed by atoms with Crippen LogP contribution in [0, 0.1) is 17.0 Å². The van der Waals surface area contributed by atoms with Crippen molar-refractivity contribution in [2.45, 2.75) is 13.0 Å². The molecule has 19 heavy (non-hydrogen) atoms. The highest BCUT2D eigenvalue weighted by Gasteiger charge is 2.35. The number of rotatable bonds is 3. The Morgan fingerprint density at radius 3 is 2.89 bits per heavy atom. The summed E-state index contributed by atoms with van der Waals surface area (Å²) in [7, 11) is 1.62. The van der Waals surface area contributed by atoms with Crippen LogP contribution in [-0.2, 0) is 11.8 Å². The number of piperazine rings is 1. The molecular formula is C10H16N6O3. The van der Waals surface area contributed by atoms with Gasteiger partial charge in [-0.05, 0) is 6.92 Å². The zero-order valence-electron chi connectivity index (χ0n) is 10.8. The number of carbonyl (C=O) groups is 1. The quantitative estimate of drug-likeness (QED) is 0.530. The van der Waals surface area contributed by atoms with E-state index in [0.717, 1.165) is 0 Å². The summed E-state index contributed by atoms with van der Waals surface area (Å²) in [6.45, 7) is 3.04. The van der Waals surface area contributed by atoms with Crippen molar-refractivity contribution in [3.8, 4) is 0 Å². The summed E-state index contributed by atoms with van der Waals surface area (Å²) in [6, 6.07) is -0.609. The highest BCUT2D eigenvalue weighted by atomic mass is 16.6. The molecule has 0 bridgehead atoms. The molecule has 0 aromatic carbocycles. The number of nitrogens with zero attached hydrogens (tertiary/aromatic N) is 4. The lowest BCUT2D eigenvalue weighted by molar-refractivity contribution is -0.384. The third-order valence-corrected chi connectivity index (χ3v) is 3.19. The molecule has 1 atom stereocenters. The van der Waals surface area contributed by atoms with E-state index in [4.69, 9.17) is 5.73 Å².